The first-order chi connectivity index (χ1) is 10.2. The van der Waals surface area contributed by atoms with Crippen LogP contribution in [0.1, 0.15) is 37.7 Å². The van der Waals surface area contributed by atoms with E-state index in [0.29, 0.717) is 25.6 Å². The number of hydrogen-bond donors (Lipinski definition) is 0. The van der Waals surface area contributed by atoms with Gasteiger partial charge < -0.3 is 9.64 Å². The molecule has 0 bridgehead atoms. The zero-order chi connectivity index (χ0) is 14.7. The topological polar surface area (TPSA) is 29.5 Å². The fourth-order valence-corrected chi connectivity index (χ4v) is 3.17. The van der Waals surface area contributed by atoms with E-state index in [1.54, 1.807) is 0 Å². The van der Waals surface area contributed by atoms with E-state index in [0.717, 1.165) is 24.2 Å². The van der Waals surface area contributed by atoms with Gasteiger partial charge in [-0.2, -0.15) is 0 Å². The van der Waals surface area contributed by atoms with Crippen molar-refractivity contribution >= 4 is 5.91 Å². The second-order valence-electron chi connectivity index (χ2n) is 6.01. The number of carbonyl (C=O) groups is 1. The van der Waals surface area contributed by atoms with Gasteiger partial charge in [-0.05, 0) is 43.4 Å². The molecule has 3 nitrogen and oxygen atoms in total. The van der Waals surface area contributed by atoms with Crippen molar-refractivity contribution in [1.29, 1.82) is 0 Å². The van der Waals surface area contributed by atoms with Gasteiger partial charge in [-0.3, -0.25) is 4.79 Å². The molecule has 1 amide bonds. The number of rotatable bonds is 4. The Labute approximate surface area is 126 Å². The highest BCUT2D eigenvalue weighted by molar-refractivity contribution is 5.79. The molecule has 1 saturated carbocycles. The van der Waals surface area contributed by atoms with E-state index in [1.165, 1.54) is 12.8 Å². The Morgan fingerprint density at radius 3 is 2.86 bits per heavy atom. The number of terminal acetylenes is 1. The van der Waals surface area contributed by atoms with Crippen molar-refractivity contribution in [2.24, 2.45) is 5.92 Å². The molecule has 2 aliphatic rings. The molecule has 0 aromatic heterocycles. The number of benzene rings is 1. The molecule has 0 N–H and O–H groups in total. The molecule has 110 valence electrons. The van der Waals surface area contributed by atoms with Gasteiger partial charge in [-0.1, -0.05) is 12.1 Å². The molecular formula is C18H21NO2. The van der Waals surface area contributed by atoms with Gasteiger partial charge in [0.15, 0.2) is 0 Å². The van der Waals surface area contributed by atoms with Gasteiger partial charge in [-0.25, -0.2) is 0 Å². The summed E-state index contributed by atoms with van der Waals surface area (Å²) in [6.45, 7) is 1.29. The van der Waals surface area contributed by atoms with Gasteiger partial charge in [0.2, 0.25) is 5.91 Å². The number of hydrogen-bond acceptors (Lipinski definition) is 2. The summed E-state index contributed by atoms with van der Waals surface area (Å²) in [6, 6.07) is 8.09. The lowest BCUT2D eigenvalue weighted by Crippen LogP contribution is -2.24. The molecule has 1 heterocycles. The maximum atomic E-state index is 11.9. The van der Waals surface area contributed by atoms with Gasteiger partial charge in [0.25, 0.3) is 0 Å². The molecule has 2 fully saturated rings. The smallest absolute Gasteiger partial charge is 0.224 e. The molecule has 1 atom stereocenters. The Hall–Kier alpha value is -1.95. The van der Waals surface area contributed by atoms with Crippen LogP contribution in [-0.4, -0.2) is 23.5 Å². The molecule has 0 spiro atoms. The summed E-state index contributed by atoms with van der Waals surface area (Å²) in [4.78, 5) is 13.8. The monoisotopic (exact) mass is 283 g/mol. The second kappa shape index (κ2) is 6.22. The molecule has 3 heteroatoms. The zero-order valence-corrected chi connectivity index (χ0v) is 12.3. The maximum Gasteiger partial charge on any atom is 0.224 e. The number of carbonyl (C=O) groups excluding carboxylic acids is 1. The lowest BCUT2D eigenvalue weighted by Gasteiger charge is -2.18. The van der Waals surface area contributed by atoms with E-state index >= 15 is 0 Å². The van der Waals surface area contributed by atoms with Crippen molar-refractivity contribution in [3.05, 3.63) is 29.8 Å². The molecule has 3 rings (SSSR count). The summed E-state index contributed by atoms with van der Waals surface area (Å²) >= 11 is 0. The first kappa shape index (κ1) is 14.0. The Bertz CT molecular complexity index is 555. The van der Waals surface area contributed by atoms with Gasteiger partial charge in [0.05, 0.1) is 6.10 Å². The van der Waals surface area contributed by atoms with E-state index in [9.17, 15) is 4.79 Å². The average molecular weight is 283 g/mol. The standard InChI is InChI=1S/C18H21NO2/c1-2-14-11-18(20)19(12-14)13-15-6-5-9-17(10-15)21-16-7-3-4-8-16/h1,5-6,9-10,14,16H,3-4,7-8,11-13H2. The zero-order valence-electron chi connectivity index (χ0n) is 12.3. The van der Waals surface area contributed by atoms with Crippen LogP contribution in [0, 0.1) is 18.3 Å². The molecule has 1 saturated heterocycles. The molecule has 0 radical (unpaired) electrons. The van der Waals surface area contributed by atoms with Gasteiger partial charge >= 0.3 is 0 Å². The van der Waals surface area contributed by atoms with Crippen LogP contribution in [0.3, 0.4) is 0 Å². The van der Waals surface area contributed by atoms with Crippen LogP contribution in [-0.2, 0) is 11.3 Å². The third-order valence-corrected chi connectivity index (χ3v) is 4.33. The number of ether oxygens (including phenoxy) is 1. The third kappa shape index (κ3) is 3.39. The van der Waals surface area contributed by atoms with Crippen molar-refractivity contribution in [2.75, 3.05) is 6.54 Å². The SMILES string of the molecule is C#CC1CC(=O)N(Cc2cccc(OC3CCCC3)c2)C1. The number of likely N-dealkylation sites (tertiary alicyclic amines) is 1. The van der Waals surface area contributed by atoms with Gasteiger partial charge in [0, 0.05) is 25.4 Å². The van der Waals surface area contributed by atoms with Crippen LogP contribution in [0.2, 0.25) is 0 Å². The predicted octanol–water partition coefficient (Wildman–Crippen LogP) is 2.99. The highest BCUT2D eigenvalue weighted by Crippen LogP contribution is 2.26. The van der Waals surface area contributed by atoms with Crippen molar-refractivity contribution in [2.45, 2.75) is 44.8 Å². The normalized spacial score (nSPS) is 22.5. The minimum absolute atomic E-state index is 0.0652. The van der Waals surface area contributed by atoms with E-state index in [4.69, 9.17) is 11.2 Å². The lowest BCUT2D eigenvalue weighted by atomic mass is 10.1. The summed E-state index contributed by atoms with van der Waals surface area (Å²) in [5.41, 5.74) is 1.11. The molecular weight excluding hydrogens is 262 g/mol. The van der Waals surface area contributed by atoms with E-state index in [2.05, 4.69) is 12.0 Å². The summed E-state index contributed by atoms with van der Waals surface area (Å²) in [7, 11) is 0. The summed E-state index contributed by atoms with van der Waals surface area (Å²) < 4.78 is 6.01. The van der Waals surface area contributed by atoms with Crippen LogP contribution in [0.25, 0.3) is 0 Å². The van der Waals surface area contributed by atoms with Crippen molar-refractivity contribution in [1.82, 2.24) is 4.90 Å². The summed E-state index contributed by atoms with van der Waals surface area (Å²) in [6.07, 6.45) is 11.1. The Kier molecular flexibility index (Phi) is 4.15. The predicted molar refractivity (Wildman–Crippen MR) is 81.7 cm³/mol. The van der Waals surface area contributed by atoms with Crippen molar-refractivity contribution in [3.63, 3.8) is 0 Å². The average Bonchev–Trinajstić information content (AvgIpc) is 3.10. The van der Waals surface area contributed by atoms with Crippen molar-refractivity contribution in [3.8, 4) is 18.1 Å². The Morgan fingerprint density at radius 1 is 1.33 bits per heavy atom. The maximum absolute atomic E-state index is 11.9. The number of nitrogens with zero attached hydrogens (tertiary/aromatic N) is 1. The molecule has 1 aromatic rings. The van der Waals surface area contributed by atoms with Crippen LogP contribution < -0.4 is 4.74 Å². The second-order valence-corrected chi connectivity index (χ2v) is 6.01. The molecule has 1 aliphatic heterocycles. The first-order valence-corrected chi connectivity index (χ1v) is 7.74. The van der Waals surface area contributed by atoms with Crippen LogP contribution >= 0.6 is 0 Å². The molecule has 1 aliphatic carbocycles. The molecule has 1 aromatic carbocycles. The minimum Gasteiger partial charge on any atom is -0.490 e. The first-order valence-electron chi connectivity index (χ1n) is 7.74. The summed E-state index contributed by atoms with van der Waals surface area (Å²) in [5.74, 6) is 3.82. The van der Waals surface area contributed by atoms with E-state index < -0.39 is 0 Å². The fraction of sp³-hybridized carbons (Fsp3) is 0.500. The third-order valence-electron chi connectivity index (χ3n) is 4.33. The molecule has 1 unspecified atom stereocenters. The highest BCUT2D eigenvalue weighted by atomic mass is 16.5. The molecule has 21 heavy (non-hydrogen) atoms. The van der Waals surface area contributed by atoms with Crippen LogP contribution in [0.15, 0.2) is 24.3 Å². The number of amides is 1. The van der Waals surface area contributed by atoms with Gasteiger partial charge in [-0.15, -0.1) is 12.3 Å². The highest BCUT2D eigenvalue weighted by Gasteiger charge is 2.28. The van der Waals surface area contributed by atoms with E-state index in [1.807, 2.05) is 23.1 Å². The lowest BCUT2D eigenvalue weighted by molar-refractivity contribution is -0.128. The van der Waals surface area contributed by atoms with E-state index in [-0.39, 0.29) is 11.8 Å². The Balaban J connectivity index is 1.63. The summed E-state index contributed by atoms with van der Waals surface area (Å²) in [5, 5.41) is 0. The fourth-order valence-electron chi connectivity index (χ4n) is 3.17. The largest absolute Gasteiger partial charge is 0.490 e. The van der Waals surface area contributed by atoms with Crippen LogP contribution in [0.5, 0.6) is 5.75 Å². The van der Waals surface area contributed by atoms with Crippen molar-refractivity contribution < 1.29 is 9.53 Å². The Morgan fingerprint density at radius 2 is 2.14 bits per heavy atom. The minimum atomic E-state index is 0.0652. The van der Waals surface area contributed by atoms with Gasteiger partial charge in [0.1, 0.15) is 5.75 Å². The van der Waals surface area contributed by atoms with Crippen LogP contribution in [0.4, 0.5) is 0 Å². The quantitative estimate of drug-likeness (QED) is 0.795.